The lowest BCUT2D eigenvalue weighted by molar-refractivity contribution is -0.110. The third-order valence-electron chi connectivity index (χ3n) is 10.2. The fourth-order valence-electron chi connectivity index (χ4n) is 4.21. The quantitative estimate of drug-likeness (QED) is 0.0346. The van der Waals surface area contributed by atoms with E-state index in [1.165, 1.54) is 20.8 Å². The molecule has 30 N–H and O–H groups in total. The predicted molar refractivity (Wildman–Crippen MR) is 250 cm³/mol. The first-order valence-corrected chi connectivity index (χ1v) is 22.7. The molecule has 0 saturated carbocycles. The van der Waals surface area contributed by atoms with Crippen molar-refractivity contribution in [3.63, 3.8) is 0 Å². The van der Waals surface area contributed by atoms with Crippen LogP contribution in [0.3, 0.4) is 0 Å². The Labute approximate surface area is 420 Å². The van der Waals surface area contributed by atoms with Gasteiger partial charge in [-0.2, -0.15) is 0 Å². The highest BCUT2D eigenvalue weighted by Gasteiger charge is 2.29. The van der Waals surface area contributed by atoms with Gasteiger partial charge in [-0.3, -0.25) is 0 Å². The average Bonchev–Trinajstić information content (AvgIpc) is 3.40. The van der Waals surface area contributed by atoms with Gasteiger partial charge in [0.1, 0.15) is 61.0 Å². The number of hydrogen-bond acceptors (Lipinski definition) is 30. The Balaban J connectivity index is -0.000000137. The van der Waals surface area contributed by atoms with Gasteiger partial charge < -0.3 is 153 Å². The van der Waals surface area contributed by atoms with E-state index in [-0.39, 0.29) is 26.4 Å². The molecule has 22 unspecified atom stereocenters. The van der Waals surface area contributed by atoms with Gasteiger partial charge in [-0.05, 0) is 13.8 Å². The van der Waals surface area contributed by atoms with Crippen LogP contribution in [0.25, 0.3) is 0 Å². The van der Waals surface area contributed by atoms with Gasteiger partial charge in [0.25, 0.3) is 0 Å². The molecule has 0 aromatic heterocycles. The summed E-state index contributed by atoms with van der Waals surface area (Å²) >= 11 is 0. The summed E-state index contributed by atoms with van der Waals surface area (Å²) in [5, 5.41) is 261. The van der Waals surface area contributed by atoms with Gasteiger partial charge >= 0.3 is 0 Å². The zero-order valence-corrected chi connectivity index (χ0v) is 42.2. The Morgan fingerprint density at radius 3 is 0.514 bits per heavy atom. The molecule has 0 aromatic carbocycles. The van der Waals surface area contributed by atoms with Gasteiger partial charge in [0.2, 0.25) is 0 Å². The molecule has 0 aliphatic rings. The van der Waals surface area contributed by atoms with Crippen LogP contribution in [-0.4, -0.2) is 342 Å². The first-order chi connectivity index (χ1) is 33.2. The summed E-state index contributed by atoms with van der Waals surface area (Å²) in [4.78, 5) is 0. The minimum atomic E-state index is -1.51. The zero-order chi connectivity index (χ0) is 58.8. The maximum absolute atomic E-state index is 9.21. The van der Waals surface area contributed by atoms with E-state index < -0.39 is 192 Å². The number of aliphatic hydroxyl groups excluding tert-OH is 30. The van der Waals surface area contributed by atoms with E-state index in [1.54, 1.807) is 27.7 Å². The minimum Gasteiger partial charge on any atom is -0.396 e. The second kappa shape index (κ2) is 51.9. The van der Waals surface area contributed by atoms with Gasteiger partial charge in [0.15, 0.2) is 0 Å². The smallest absolute Gasteiger partial charge is 0.110 e. The zero-order valence-electron chi connectivity index (χ0n) is 42.2. The number of aliphatic hydroxyl groups is 30. The Hall–Kier alpha value is -1.20. The van der Waals surface area contributed by atoms with Crippen molar-refractivity contribution in [3.05, 3.63) is 0 Å². The predicted octanol–water partition coefficient (Wildman–Crippen LogP) is -13.5. The highest BCUT2D eigenvalue weighted by molar-refractivity contribution is 4.79. The van der Waals surface area contributed by atoms with Gasteiger partial charge in [0.05, 0.1) is 102 Å². The van der Waals surface area contributed by atoms with E-state index in [2.05, 4.69) is 0 Å². The van der Waals surface area contributed by atoms with Crippen LogP contribution >= 0.6 is 0 Å². The molecule has 0 heterocycles. The molecule has 0 spiro atoms. The highest BCUT2D eigenvalue weighted by Crippen LogP contribution is 2.11. The highest BCUT2D eigenvalue weighted by atomic mass is 16.4. The van der Waals surface area contributed by atoms with Crippen molar-refractivity contribution in [2.45, 2.75) is 158 Å². The molecule has 30 heteroatoms. The number of rotatable bonds is 28. The van der Waals surface area contributed by atoms with Crippen LogP contribution in [0, 0.1) is 29.6 Å². The lowest BCUT2D eigenvalue weighted by Gasteiger charge is -2.25. The molecule has 0 saturated heterocycles. The lowest BCUT2D eigenvalue weighted by atomic mass is 9.97. The van der Waals surface area contributed by atoms with Crippen LogP contribution < -0.4 is 0 Å². The largest absolute Gasteiger partial charge is 0.396 e. The van der Waals surface area contributed by atoms with E-state index in [4.69, 9.17) is 148 Å². The third-order valence-corrected chi connectivity index (χ3v) is 10.2. The van der Waals surface area contributed by atoms with Crippen LogP contribution in [0.15, 0.2) is 0 Å². The monoisotopic (exact) mass is 1080 g/mol. The Bertz CT molecular complexity index is 952. The Morgan fingerprint density at radius 1 is 0.181 bits per heavy atom. The summed E-state index contributed by atoms with van der Waals surface area (Å²) in [5.41, 5.74) is 0. The average molecular weight is 1080 g/mol. The van der Waals surface area contributed by atoms with Crippen LogP contribution in [-0.2, 0) is 0 Å². The molecule has 22 atom stereocenters. The summed E-state index contributed by atoms with van der Waals surface area (Å²) in [6, 6.07) is 0. The molecule has 0 bridgehead atoms. The van der Waals surface area contributed by atoms with Crippen molar-refractivity contribution in [2.75, 3.05) is 79.3 Å². The summed E-state index contributed by atoms with van der Waals surface area (Å²) in [5.74, 6) is -2.22. The van der Waals surface area contributed by atoms with Crippen molar-refractivity contribution in [2.24, 2.45) is 29.6 Å². The normalized spacial score (nSPS) is 20.8. The molecule has 72 heavy (non-hydrogen) atoms. The van der Waals surface area contributed by atoms with Crippen molar-refractivity contribution >= 4 is 0 Å². The minimum absolute atomic E-state index is 0.196. The SMILES string of the molecule is CC(C(O)CO)C(O)CO.CC(CO)C(O)C(O)C(O)CO.CC(CO)C(O)C(O)CO.CC(CO)C(O)C(O)CO.CC(CO)C(O)C(O)CO.CC(O)C(O)C(O)C(O)CO.CC(O)C(O)C(O)CO. The number of hydrogen-bond donors (Lipinski definition) is 30. The summed E-state index contributed by atoms with van der Waals surface area (Å²) in [6.07, 6.45) is -21.5. The van der Waals surface area contributed by atoms with E-state index in [0.717, 1.165) is 0 Å². The van der Waals surface area contributed by atoms with Crippen molar-refractivity contribution in [1.82, 2.24) is 0 Å². The van der Waals surface area contributed by atoms with Crippen molar-refractivity contribution in [1.29, 1.82) is 0 Å². The second-order valence-electron chi connectivity index (χ2n) is 16.9. The molecule has 0 aromatic rings. The Morgan fingerprint density at radius 2 is 0.347 bits per heavy atom. The standard InChI is InChI=1S/C7H16O5.C6H14O5.4C6H14O4.C5H12O4/c1-4(2-8)6(11)7(12)5(10)3-9;1-3(8)5(10)6(11)4(9)2-7;1-4(5(9)2-7)6(10)3-8;3*1-4(2-7)6(10)5(9)3-8;1-3(7)5(9)4(8)2-6/h4-12H,2-3H2,1H3;3-11H,2H2,1H3;4*4-10H,2-3H2,1H3;3-9H,2H2,1H3. The molecule has 0 aliphatic carbocycles. The summed E-state index contributed by atoms with van der Waals surface area (Å²) < 4.78 is 0. The lowest BCUT2D eigenvalue weighted by Crippen LogP contribution is -2.44. The van der Waals surface area contributed by atoms with Gasteiger partial charge in [-0.1, -0.05) is 34.6 Å². The van der Waals surface area contributed by atoms with Gasteiger partial charge in [0, 0.05) is 56.0 Å². The fourth-order valence-corrected chi connectivity index (χ4v) is 4.21. The van der Waals surface area contributed by atoms with E-state index in [9.17, 15) is 5.11 Å². The third kappa shape index (κ3) is 42.0. The molecule has 0 rings (SSSR count). The summed E-state index contributed by atoms with van der Waals surface area (Å²) in [6.45, 7) is 5.56. The summed E-state index contributed by atoms with van der Waals surface area (Å²) in [7, 11) is 0. The van der Waals surface area contributed by atoms with Crippen molar-refractivity contribution < 1.29 is 153 Å². The maximum atomic E-state index is 9.21. The molecule has 30 nitrogen and oxygen atoms in total. The first kappa shape index (κ1) is 84.7. The molecule has 0 amide bonds. The molecule has 0 aliphatic heterocycles. The maximum Gasteiger partial charge on any atom is 0.110 e. The van der Waals surface area contributed by atoms with E-state index in [1.807, 2.05) is 0 Å². The molecule has 446 valence electrons. The van der Waals surface area contributed by atoms with Crippen LogP contribution in [0.2, 0.25) is 0 Å². The Kier molecular flexibility index (Phi) is 61.1. The first-order valence-electron chi connectivity index (χ1n) is 22.7. The molecule has 0 fully saturated rings. The van der Waals surface area contributed by atoms with Crippen molar-refractivity contribution in [3.8, 4) is 0 Å². The topological polar surface area (TPSA) is 607 Å². The van der Waals surface area contributed by atoms with Gasteiger partial charge in [-0.25, -0.2) is 0 Å². The van der Waals surface area contributed by atoms with Gasteiger partial charge in [-0.15, -0.1) is 0 Å². The van der Waals surface area contributed by atoms with Crippen LogP contribution in [0.5, 0.6) is 0 Å². The van der Waals surface area contributed by atoms with E-state index in [0.29, 0.717) is 0 Å². The van der Waals surface area contributed by atoms with Crippen LogP contribution in [0.4, 0.5) is 0 Å². The molecular formula is C42H98O30. The van der Waals surface area contributed by atoms with Crippen LogP contribution in [0.1, 0.15) is 48.5 Å². The second-order valence-corrected chi connectivity index (χ2v) is 16.9. The molecule has 0 radical (unpaired) electrons. The molecular weight excluding hydrogens is 984 g/mol. The fraction of sp³-hybridized carbons (Fsp3) is 1.00. The van der Waals surface area contributed by atoms with E-state index >= 15 is 0 Å².